The molecule has 1 fully saturated rings. The number of ether oxygens (including phenoxy) is 1. The average molecular weight is 120 g/mol. The van der Waals surface area contributed by atoms with Crippen molar-refractivity contribution in [1.29, 1.82) is 0 Å². The monoisotopic (exact) mass is 120 g/mol. The Labute approximate surface area is 44.7 Å². The van der Waals surface area contributed by atoms with Crippen molar-refractivity contribution in [2.75, 3.05) is 5.75 Å². The third-order valence-electron chi connectivity index (χ3n) is 0.576. The van der Waals surface area contributed by atoms with E-state index in [0.717, 1.165) is 11.8 Å². The molecule has 1 aliphatic rings. The van der Waals surface area contributed by atoms with Gasteiger partial charge in [0.15, 0.2) is 0 Å². The van der Waals surface area contributed by atoms with Gasteiger partial charge in [0.25, 0.3) is 5.62 Å². The maximum Gasteiger partial charge on any atom is 0.319 e. The van der Waals surface area contributed by atoms with E-state index < -0.39 is 5.62 Å². The summed E-state index contributed by atoms with van der Waals surface area (Å²) < 4.78 is 4.24. The fourth-order valence-corrected chi connectivity index (χ4v) is 0.842. The first kappa shape index (κ1) is 4.93. The SMILES string of the molecule is O=C1CS[C@H](O)O1. The van der Waals surface area contributed by atoms with Gasteiger partial charge in [-0.3, -0.25) is 4.79 Å². The molecule has 1 N–H and O–H groups in total. The van der Waals surface area contributed by atoms with E-state index in [1.165, 1.54) is 0 Å². The van der Waals surface area contributed by atoms with E-state index in [0.29, 0.717) is 0 Å². The number of thioether (sulfide) groups is 1. The molecule has 0 amide bonds. The van der Waals surface area contributed by atoms with Crippen LogP contribution in [-0.2, 0) is 9.53 Å². The lowest BCUT2D eigenvalue weighted by Gasteiger charge is -1.93. The van der Waals surface area contributed by atoms with Gasteiger partial charge in [-0.1, -0.05) is 11.8 Å². The zero-order valence-corrected chi connectivity index (χ0v) is 4.27. The standard InChI is InChI=1S/C3H4O3S/c4-2-1-7-3(5)6-2/h3,5H,1H2/t3-/m1/s1. The number of aliphatic hydroxyl groups excluding tert-OH is 1. The highest BCUT2D eigenvalue weighted by Crippen LogP contribution is 2.16. The summed E-state index contributed by atoms with van der Waals surface area (Å²) in [4.78, 5) is 10.1. The minimum absolute atomic E-state index is 0.279. The Balaban J connectivity index is 2.40. The van der Waals surface area contributed by atoms with Crippen LogP contribution in [0.25, 0.3) is 0 Å². The van der Waals surface area contributed by atoms with Gasteiger partial charge in [-0.05, 0) is 0 Å². The molecule has 0 bridgehead atoms. The van der Waals surface area contributed by atoms with Gasteiger partial charge in [-0.2, -0.15) is 0 Å². The summed E-state index contributed by atoms with van der Waals surface area (Å²) in [6, 6.07) is 0. The fraction of sp³-hybridized carbons (Fsp3) is 0.667. The van der Waals surface area contributed by atoms with Crippen molar-refractivity contribution in [3.63, 3.8) is 0 Å². The summed E-state index contributed by atoms with van der Waals surface area (Å²) >= 11 is 1.09. The zero-order valence-electron chi connectivity index (χ0n) is 3.46. The molecule has 0 radical (unpaired) electrons. The number of cyclic esters (lactones) is 1. The molecule has 40 valence electrons. The van der Waals surface area contributed by atoms with Crippen LogP contribution in [0.1, 0.15) is 0 Å². The Hall–Kier alpha value is -0.220. The summed E-state index contributed by atoms with van der Waals surface area (Å²) in [6.07, 6.45) is 0. The van der Waals surface area contributed by atoms with Crippen molar-refractivity contribution >= 4 is 17.7 Å². The first-order chi connectivity index (χ1) is 3.29. The quantitative estimate of drug-likeness (QED) is 0.440. The highest BCUT2D eigenvalue weighted by Gasteiger charge is 2.20. The second-order valence-corrected chi connectivity index (χ2v) is 2.13. The van der Waals surface area contributed by atoms with Crippen LogP contribution in [0.4, 0.5) is 0 Å². The van der Waals surface area contributed by atoms with Gasteiger partial charge in [0.1, 0.15) is 0 Å². The van der Waals surface area contributed by atoms with E-state index in [4.69, 9.17) is 5.11 Å². The lowest BCUT2D eigenvalue weighted by atomic mass is 10.8. The molecule has 7 heavy (non-hydrogen) atoms. The van der Waals surface area contributed by atoms with Crippen molar-refractivity contribution in [1.82, 2.24) is 0 Å². The van der Waals surface area contributed by atoms with Crippen LogP contribution < -0.4 is 0 Å². The summed E-state index contributed by atoms with van der Waals surface area (Å²) in [5.74, 6) is -0.0567. The number of aliphatic hydroxyl groups is 1. The molecule has 0 unspecified atom stereocenters. The van der Waals surface area contributed by atoms with Gasteiger partial charge in [0.05, 0.1) is 5.75 Å². The van der Waals surface area contributed by atoms with E-state index in [1.54, 1.807) is 0 Å². The van der Waals surface area contributed by atoms with Crippen molar-refractivity contribution < 1.29 is 14.6 Å². The number of hydrogen-bond donors (Lipinski definition) is 1. The molecule has 0 spiro atoms. The molecule has 1 atom stereocenters. The maximum absolute atomic E-state index is 10.1. The lowest BCUT2D eigenvalue weighted by molar-refractivity contribution is -0.149. The van der Waals surface area contributed by atoms with Gasteiger partial charge < -0.3 is 9.84 Å². The zero-order chi connectivity index (χ0) is 5.28. The van der Waals surface area contributed by atoms with E-state index >= 15 is 0 Å². The minimum atomic E-state index is -0.910. The third kappa shape index (κ3) is 1.07. The van der Waals surface area contributed by atoms with Crippen LogP contribution in [0.5, 0.6) is 0 Å². The van der Waals surface area contributed by atoms with Gasteiger partial charge in [0.2, 0.25) is 0 Å². The van der Waals surface area contributed by atoms with Crippen molar-refractivity contribution in [3.8, 4) is 0 Å². The summed E-state index contributed by atoms with van der Waals surface area (Å²) in [7, 11) is 0. The highest BCUT2D eigenvalue weighted by atomic mass is 32.2. The molecule has 0 aromatic heterocycles. The van der Waals surface area contributed by atoms with Crippen LogP contribution in [0, 0.1) is 0 Å². The fourth-order valence-electron chi connectivity index (χ4n) is 0.320. The molecule has 1 heterocycles. The van der Waals surface area contributed by atoms with E-state index in [-0.39, 0.29) is 11.7 Å². The summed E-state index contributed by atoms with van der Waals surface area (Å²) in [5, 5.41) is 8.42. The third-order valence-corrected chi connectivity index (χ3v) is 1.36. The van der Waals surface area contributed by atoms with Crippen LogP contribution in [0.2, 0.25) is 0 Å². The molecule has 1 saturated heterocycles. The maximum atomic E-state index is 10.1. The van der Waals surface area contributed by atoms with Crippen LogP contribution in [0.3, 0.4) is 0 Å². The van der Waals surface area contributed by atoms with E-state index in [2.05, 4.69) is 4.74 Å². The van der Waals surface area contributed by atoms with Gasteiger partial charge in [-0.25, -0.2) is 0 Å². The molecule has 3 nitrogen and oxygen atoms in total. The predicted octanol–water partition coefficient (Wildman–Crippen LogP) is -0.448. The molecule has 1 aliphatic heterocycles. The van der Waals surface area contributed by atoms with Crippen molar-refractivity contribution in [2.24, 2.45) is 0 Å². The molecule has 0 aromatic carbocycles. The average Bonchev–Trinajstić information content (AvgIpc) is 1.87. The number of esters is 1. The van der Waals surface area contributed by atoms with E-state index in [1.807, 2.05) is 0 Å². The Morgan fingerprint density at radius 2 is 2.71 bits per heavy atom. The summed E-state index contributed by atoms with van der Waals surface area (Å²) in [5.41, 5.74) is -0.910. The van der Waals surface area contributed by atoms with Gasteiger partial charge in [0, 0.05) is 0 Å². The van der Waals surface area contributed by atoms with Gasteiger partial charge in [-0.15, -0.1) is 0 Å². The minimum Gasteiger partial charge on any atom is -0.425 e. The van der Waals surface area contributed by atoms with Gasteiger partial charge >= 0.3 is 5.97 Å². The Kier molecular flexibility index (Phi) is 1.21. The van der Waals surface area contributed by atoms with Crippen LogP contribution >= 0.6 is 11.8 Å². The summed E-state index contributed by atoms with van der Waals surface area (Å²) in [6.45, 7) is 0. The highest BCUT2D eigenvalue weighted by molar-refractivity contribution is 8.00. The molecule has 4 heteroatoms. The topological polar surface area (TPSA) is 46.5 Å². The first-order valence-corrected chi connectivity index (χ1v) is 2.83. The van der Waals surface area contributed by atoms with Crippen LogP contribution in [0.15, 0.2) is 0 Å². The number of carbonyl (C=O) groups is 1. The molecule has 0 saturated carbocycles. The number of carbonyl (C=O) groups excluding carboxylic acids is 1. The predicted molar refractivity (Wildman–Crippen MR) is 24.6 cm³/mol. The Bertz CT molecular complexity index is 92.2. The first-order valence-electron chi connectivity index (χ1n) is 1.78. The second kappa shape index (κ2) is 1.71. The number of rotatable bonds is 0. The van der Waals surface area contributed by atoms with E-state index in [9.17, 15) is 4.79 Å². The molecular weight excluding hydrogens is 116 g/mol. The van der Waals surface area contributed by atoms with Crippen molar-refractivity contribution in [2.45, 2.75) is 5.62 Å². The largest absolute Gasteiger partial charge is 0.425 e. The Morgan fingerprint density at radius 3 is 2.86 bits per heavy atom. The number of hydrogen-bond acceptors (Lipinski definition) is 4. The second-order valence-electron chi connectivity index (χ2n) is 1.11. The van der Waals surface area contributed by atoms with Crippen molar-refractivity contribution in [3.05, 3.63) is 0 Å². The smallest absolute Gasteiger partial charge is 0.319 e. The molecular formula is C3H4O3S. The molecule has 0 aromatic rings. The van der Waals surface area contributed by atoms with Crippen LogP contribution in [-0.4, -0.2) is 22.5 Å². The normalized spacial score (nSPS) is 30.4. The lowest BCUT2D eigenvalue weighted by Crippen LogP contribution is -2.01. The molecule has 0 aliphatic carbocycles. The Morgan fingerprint density at radius 1 is 2.00 bits per heavy atom. The molecule has 1 rings (SSSR count).